The molecule has 2 aromatic heterocycles. The van der Waals surface area contributed by atoms with Crippen molar-refractivity contribution >= 4 is 22.9 Å². The molecule has 136 valence electrons. The zero-order valence-corrected chi connectivity index (χ0v) is 16.1. The second-order valence-electron chi connectivity index (χ2n) is 6.26. The Morgan fingerprint density at radius 2 is 2.15 bits per heavy atom. The molecular weight excluding hydrogens is 347 g/mol. The minimum absolute atomic E-state index is 0.164. The zero-order valence-electron chi connectivity index (χ0n) is 15.2. The molecule has 0 atom stereocenters. The summed E-state index contributed by atoms with van der Waals surface area (Å²) < 4.78 is 18.2. The first-order valence-corrected chi connectivity index (χ1v) is 9.21. The molecule has 0 bridgehead atoms. The topological polar surface area (TPSA) is 47.1 Å². The second kappa shape index (κ2) is 8.03. The molecule has 0 aliphatic heterocycles. The van der Waals surface area contributed by atoms with E-state index in [1.54, 1.807) is 24.3 Å². The predicted octanol–water partition coefficient (Wildman–Crippen LogP) is 4.39. The van der Waals surface area contributed by atoms with E-state index in [4.69, 9.17) is 5.73 Å². The summed E-state index contributed by atoms with van der Waals surface area (Å²) in [6, 6.07) is 10.4. The number of rotatable bonds is 6. The summed E-state index contributed by atoms with van der Waals surface area (Å²) in [6.45, 7) is 2.38. The van der Waals surface area contributed by atoms with Gasteiger partial charge < -0.3 is 10.3 Å². The van der Waals surface area contributed by atoms with Crippen molar-refractivity contribution in [2.75, 3.05) is 20.6 Å². The van der Waals surface area contributed by atoms with Crippen molar-refractivity contribution in [2.45, 2.75) is 18.4 Å². The Hall–Kier alpha value is -2.15. The third-order valence-electron chi connectivity index (χ3n) is 4.19. The molecule has 1 aromatic carbocycles. The Morgan fingerprint density at radius 1 is 1.35 bits per heavy atom. The van der Waals surface area contributed by atoms with Gasteiger partial charge in [0, 0.05) is 34.3 Å². The van der Waals surface area contributed by atoms with E-state index in [0.717, 1.165) is 32.6 Å². The molecule has 2 N–H and O–H groups in total. The third-order valence-corrected chi connectivity index (χ3v) is 5.02. The van der Waals surface area contributed by atoms with Crippen LogP contribution >= 0.6 is 11.9 Å². The fourth-order valence-electron chi connectivity index (χ4n) is 3.15. The molecule has 2 heterocycles. The average Bonchev–Trinajstić information content (AvgIpc) is 2.87. The van der Waals surface area contributed by atoms with Gasteiger partial charge in [0.2, 0.25) is 0 Å². The molecule has 0 radical (unpaired) electrons. The van der Waals surface area contributed by atoms with Crippen LogP contribution in [0.25, 0.3) is 22.0 Å². The molecule has 0 saturated carbocycles. The van der Waals surface area contributed by atoms with Crippen molar-refractivity contribution in [1.82, 2.24) is 13.9 Å². The highest BCUT2D eigenvalue weighted by molar-refractivity contribution is 7.97. The van der Waals surface area contributed by atoms with Gasteiger partial charge in [0.1, 0.15) is 5.83 Å². The van der Waals surface area contributed by atoms with Crippen molar-refractivity contribution in [3.63, 3.8) is 0 Å². The predicted molar refractivity (Wildman–Crippen MR) is 108 cm³/mol. The number of fused-ring (bicyclic) bond motifs is 1. The zero-order chi connectivity index (χ0) is 18.7. The highest BCUT2D eigenvalue weighted by Gasteiger charge is 2.17. The van der Waals surface area contributed by atoms with Gasteiger partial charge in [0.25, 0.3) is 0 Å². The maximum atomic E-state index is 14.1. The maximum Gasteiger partial charge on any atom is 0.117 e. The first kappa shape index (κ1) is 18.6. The van der Waals surface area contributed by atoms with Crippen molar-refractivity contribution in [3.05, 3.63) is 60.3 Å². The molecule has 3 aromatic rings. The smallest absolute Gasteiger partial charge is 0.117 e. The monoisotopic (exact) mass is 370 g/mol. The van der Waals surface area contributed by atoms with Crippen LogP contribution in [0.3, 0.4) is 0 Å². The molecule has 0 aliphatic carbocycles. The second-order valence-corrected chi connectivity index (χ2v) is 7.64. The number of halogens is 1. The molecule has 0 spiro atoms. The van der Waals surface area contributed by atoms with Gasteiger partial charge in [0.15, 0.2) is 0 Å². The molecule has 0 saturated heterocycles. The van der Waals surface area contributed by atoms with E-state index in [0.29, 0.717) is 0 Å². The molecule has 0 fully saturated rings. The summed E-state index contributed by atoms with van der Waals surface area (Å²) >= 11 is 1.67. The van der Waals surface area contributed by atoms with Gasteiger partial charge >= 0.3 is 0 Å². The summed E-state index contributed by atoms with van der Waals surface area (Å²) in [4.78, 5) is 5.40. The Balaban J connectivity index is 2.15. The Morgan fingerprint density at radius 3 is 2.88 bits per heavy atom. The summed E-state index contributed by atoms with van der Waals surface area (Å²) in [5.41, 5.74) is 9.61. The van der Waals surface area contributed by atoms with Gasteiger partial charge in [-0.05, 0) is 62.8 Å². The van der Waals surface area contributed by atoms with Crippen LogP contribution in [-0.2, 0) is 6.54 Å². The SMILES string of the molecule is Cc1c(-c2cccc(SN(C)C)c2)c2ccncc2n1C/C(F)=C/CN. The standard InChI is InChI=1S/C20H23FN4S/c1-14-20(15-5-4-6-17(11-15)26-24(2)3)18-8-10-23-12-19(18)25(14)13-16(21)7-9-22/h4-8,10-12H,9,13,22H2,1-3H3/b16-7-. The van der Waals surface area contributed by atoms with Gasteiger partial charge in [-0.3, -0.25) is 9.29 Å². The minimum atomic E-state index is -0.236. The van der Waals surface area contributed by atoms with Gasteiger partial charge in [-0.15, -0.1) is 0 Å². The van der Waals surface area contributed by atoms with E-state index < -0.39 is 0 Å². The number of benzene rings is 1. The van der Waals surface area contributed by atoms with E-state index in [2.05, 4.69) is 33.6 Å². The highest BCUT2D eigenvalue weighted by Crippen LogP contribution is 2.36. The minimum Gasteiger partial charge on any atom is -0.336 e. The van der Waals surface area contributed by atoms with Crippen molar-refractivity contribution < 1.29 is 4.39 Å². The number of aromatic nitrogens is 2. The normalized spacial score (nSPS) is 12.3. The van der Waals surface area contributed by atoms with Crippen LogP contribution in [-0.4, -0.2) is 34.5 Å². The third kappa shape index (κ3) is 3.82. The van der Waals surface area contributed by atoms with Crippen LogP contribution in [0.2, 0.25) is 0 Å². The molecule has 4 nitrogen and oxygen atoms in total. The van der Waals surface area contributed by atoms with Gasteiger partial charge in [0.05, 0.1) is 18.3 Å². The van der Waals surface area contributed by atoms with Crippen LogP contribution in [0.4, 0.5) is 4.39 Å². The van der Waals surface area contributed by atoms with Crippen molar-refractivity contribution in [2.24, 2.45) is 5.73 Å². The molecule has 3 rings (SSSR count). The van der Waals surface area contributed by atoms with E-state index in [-0.39, 0.29) is 18.9 Å². The number of nitrogens with zero attached hydrogens (tertiary/aromatic N) is 3. The van der Waals surface area contributed by atoms with E-state index in [1.165, 1.54) is 6.08 Å². The lowest BCUT2D eigenvalue weighted by atomic mass is 10.0. The maximum absolute atomic E-state index is 14.1. The Bertz CT molecular complexity index is 946. The van der Waals surface area contributed by atoms with Crippen molar-refractivity contribution in [1.29, 1.82) is 0 Å². The van der Waals surface area contributed by atoms with Gasteiger partial charge in [-0.2, -0.15) is 0 Å². The number of allylic oxidation sites excluding steroid dienone is 1. The molecular formula is C20H23FN4S. The highest BCUT2D eigenvalue weighted by atomic mass is 32.2. The van der Waals surface area contributed by atoms with Gasteiger partial charge in [-0.1, -0.05) is 12.1 Å². The quantitative estimate of drug-likeness (QED) is 0.654. The summed E-state index contributed by atoms with van der Waals surface area (Å²) in [6.07, 6.45) is 4.98. The molecule has 0 amide bonds. The summed E-state index contributed by atoms with van der Waals surface area (Å²) in [5.74, 6) is -0.236. The first-order valence-electron chi connectivity index (χ1n) is 8.44. The van der Waals surface area contributed by atoms with Crippen LogP contribution in [0.5, 0.6) is 0 Å². The summed E-state index contributed by atoms with van der Waals surface area (Å²) in [7, 11) is 4.04. The number of pyridine rings is 1. The lowest BCUT2D eigenvalue weighted by molar-refractivity contribution is 0.555. The van der Waals surface area contributed by atoms with Crippen molar-refractivity contribution in [3.8, 4) is 11.1 Å². The lowest BCUT2D eigenvalue weighted by Gasteiger charge is -2.11. The molecule has 0 unspecified atom stereocenters. The molecule has 26 heavy (non-hydrogen) atoms. The van der Waals surface area contributed by atoms with Crippen LogP contribution in [0.1, 0.15) is 5.69 Å². The van der Waals surface area contributed by atoms with E-state index in [1.807, 2.05) is 31.7 Å². The molecule has 6 heteroatoms. The fraction of sp³-hybridized carbons (Fsp3) is 0.250. The Labute approximate surface area is 157 Å². The van der Waals surface area contributed by atoms with E-state index >= 15 is 0 Å². The Kier molecular flexibility index (Phi) is 5.76. The summed E-state index contributed by atoms with van der Waals surface area (Å²) in [5, 5.41) is 1.07. The number of hydrogen-bond acceptors (Lipinski definition) is 4. The average molecular weight is 370 g/mol. The fourth-order valence-corrected chi connectivity index (χ4v) is 3.89. The molecule has 0 aliphatic rings. The largest absolute Gasteiger partial charge is 0.336 e. The van der Waals surface area contributed by atoms with Gasteiger partial charge in [-0.25, -0.2) is 4.39 Å². The number of nitrogens with two attached hydrogens (primary N) is 1. The lowest BCUT2D eigenvalue weighted by Crippen LogP contribution is -2.03. The number of hydrogen-bond donors (Lipinski definition) is 1. The van der Waals surface area contributed by atoms with Crippen LogP contribution in [0, 0.1) is 6.92 Å². The first-order chi connectivity index (χ1) is 12.5. The van der Waals surface area contributed by atoms with Crippen LogP contribution in [0.15, 0.2) is 59.5 Å². The van der Waals surface area contributed by atoms with Crippen LogP contribution < -0.4 is 5.73 Å². The van der Waals surface area contributed by atoms with E-state index in [9.17, 15) is 4.39 Å².